The predicted octanol–water partition coefficient (Wildman–Crippen LogP) is 6.76. The molecule has 0 fully saturated rings. The number of unbranched alkanes of at least 4 members (excludes halogenated alkanes) is 1. The summed E-state index contributed by atoms with van der Waals surface area (Å²) in [4.78, 5) is 0. The van der Waals surface area contributed by atoms with Gasteiger partial charge in [0.1, 0.15) is 5.75 Å². The van der Waals surface area contributed by atoms with E-state index in [2.05, 4.69) is 70.7 Å². The Balaban J connectivity index is 1.54. The number of ether oxygens (including phenoxy) is 1. The van der Waals surface area contributed by atoms with Crippen molar-refractivity contribution in [1.29, 1.82) is 0 Å². The first-order valence-corrected chi connectivity index (χ1v) is 11.7. The molecular formula is C26H27N3OS. The molecule has 4 aromatic rings. The van der Waals surface area contributed by atoms with Gasteiger partial charge in [0.25, 0.3) is 0 Å². The number of thioether (sulfide) groups is 1. The van der Waals surface area contributed by atoms with Crippen molar-refractivity contribution in [1.82, 2.24) is 14.8 Å². The van der Waals surface area contributed by atoms with E-state index in [4.69, 9.17) is 4.74 Å². The fraction of sp³-hybridized carbons (Fsp3) is 0.231. The van der Waals surface area contributed by atoms with E-state index in [1.54, 1.807) is 11.8 Å². The van der Waals surface area contributed by atoms with Crippen LogP contribution in [0.15, 0.2) is 84.5 Å². The second-order valence-electron chi connectivity index (χ2n) is 7.36. The van der Waals surface area contributed by atoms with Crippen molar-refractivity contribution < 1.29 is 4.74 Å². The fourth-order valence-electron chi connectivity index (χ4n) is 3.50. The number of benzene rings is 3. The Kier molecular flexibility index (Phi) is 7.05. The second kappa shape index (κ2) is 10.3. The normalized spacial score (nSPS) is 11.0. The molecule has 158 valence electrons. The number of aromatic nitrogens is 3. The van der Waals surface area contributed by atoms with Gasteiger partial charge >= 0.3 is 0 Å². The molecule has 5 heteroatoms. The molecule has 0 radical (unpaired) electrons. The van der Waals surface area contributed by atoms with Gasteiger partial charge in [-0.15, -0.1) is 16.8 Å². The molecule has 0 aliphatic heterocycles. The Bertz CT molecular complexity index is 1150. The summed E-state index contributed by atoms with van der Waals surface area (Å²) < 4.78 is 7.90. The van der Waals surface area contributed by atoms with E-state index in [9.17, 15) is 0 Å². The molecule has 0 N–H and O–H groups in total. The minimum absolute atomic E-state index is 0.662. The van der Waals surface area contributed by atoms with E-state index >= 15 is 0 Å². The molecule has 4 rings (SSSR count). The van der Waals surface area contributed by atoms with E-state index in [1.807, 2.05) is 30.3 Å². The number of nitrogens with zero attached hydrogens (tertiary/aromatic N) is 3. The minimum Gasteiger partial charge on any atom is -0.494 e. The van der Waals surface area contributed by atoms with Crippen molar-refractivity contribution in [3.05, 3.63) is 84.9 Å². The highest BCUT2D eigenvalue weighted by molar-refractivity contribution is 7.98. The van der Waals surface area contributed by atoms with E-state index in [0.717, 1.165) is 47.5 Å². The monoisotopic (exact) mass is 429 g/mol. The molecule has 1 aromatic heterocycles. The van der Waals surface area contributed by atoms with Gasteiger partial charge in [0.15, 0.2) is 11.0 Å². The average molecular weight is 430 g/mol. The summed E-state index contributed by atoms with van der Waals surface area (Å²) >= 11 is 1.70. The third kappa shape index (κ3) is 5.00. The molecule has 0 saturated carbocycles. The summed E-state index contributed by atoms with van der Waals surface area (Å²) in [5.41, 5.74) is 2.32. The molecule has 0 unspecified atom stereocenters. The van der Waals surface area contributed by atoms with Crippen molar-refractivity contribution >= 4 is 22.5 Å². The summed E-state index contributed by atoms with van der Waals surface area (Å²) in [6, 6.07) is 23.0. The molecular weight excluding hydrogens is 402 g/mol. The Morgan fingerprint density at radius 3 is 2.61 bits per heavy atom. The Morgan fingerprint density at radius 2 is 1.81 bits per heavy atom. The van der Waals surface area contributed by atoms with Crippen LogP contribution in [-0.2, 0) is 12.3 Å². The molecule has 0 aliphatic carbocycles. The lowest BCUT2D eigenvalue weighted by atomic mass is 10.1. The van der Waals surface area contributed by atoms with Crippen LogP contribution < -0.4 is 4.74 Å². The molecule has 1 heterocycles. The van der Waals surface area contributed by atoms with Gasteiger partial charge in [0.2, 0.25) is 0 Å². The van der Waals surface area contributed by atoms with Gasteiger partial charge in [0.05, 0.1) is 6.61 Å². The zero-order valence-corrected chi connectivity index (χ0v) is 18.6. The first-order valence-electron chi connectivity index (χ1n) is 10.7. The molecule has 0 amide bonds. The standard InChI is InChI=1S/C26H27N3OS/c1-3-5-18-30-23-15-13-21(14-16-23)25-27-28-26(29(25)17-4-2)31-19-22-11-8-10-20-9-6-7-12-24(20)22/h4,6-16H,2-3,5,17-19H2,1H3. The summed E-state index contributed by atoms with van der Waals surface area (Å²) in [5, 5.41) is 12.4. The lowest BCUT2D eigenvalue weighted by Crippen LogP contribution is -2.01. The van der Waals surface area contributed by atoms with Crippen LogP contribution in [0.1, 0.15) is 25.3 Å². The molecule has 0 saturated heterocycles. The summed E-state index contributed by atoms with van der Waals surface area (Å²) in [6.45, 7) is 7.49. The number of fused-ring (bicyclic) bond motifs is 1. The maximum atomic E-state index is 5.78. The molecule has 3 aromatic carbocycles. The van der Waals surface area contributed by atoms with Crippen molar-refractivity contribution in [2.75, 3.05) is 6.61 Å². The van der Waals surface area contributed by atoms with Crippen molar-refractivity contribution in [2.45, 2.75) is 37.2 Å². The van der Waals surface area contributed by atoms with Crippen LogP contribution in [0, 0.1) is 0 Å². The highest BCUT2D eigenvalue weighted by Crippen LogP contribution is 2.30. The zero-order valence-electron chi connectivity index (χ0n) is 17.8. The van der Waals surface area contributed by atoms with Gasteiger partial charge < -0.3 is 4.74 Å². The van der Waals surface area contributed by atoms with Crippen LogP contribution in [0.25, 0.3) is 22.2 Å². The highest BCUT2D eigenvalue weighted by atomic mass is 32.2. The van der Waals surface area contributed by atoms with Crippen molar-refractivity contribution in [3.8, 4) is 17.1 Å². The lowest BCUT2D eigenvalue weighted by molar-refractivity contribution is 0.309. The van der Waals surface area contributed by atoms with Gasteiger partial charge in [-0.3, -0.25) is 4.57 Å². The van der Waals surface area contributed by atoms with Crippen LogP contribution in [0.4, 0.5) is 0 Å². The fourth-order valence-corrected chi connectivity index (χ4v) is 4.45. The molecule has 0 bridgehead atoms. The first kappa shape index (κ1) is 21.2. The van der Waals surface area contributed by atoms with E-state index < -0.39 is 0 Å². The minimum atomic E-state index is 0.662. The van der Waals surface area contributed by atoms with Crippen LogP contribution in [-0.4, -0.2) is 21.4 Å². The predicted molar refractivity (Wildman–Crippen MR) is 130 cm³/mol. The molecule has 0 aliphatic rings. The zero-order chi connectivity index (χ0) is 21.5. The van der Waals surface area contributed by atoms with Crippen molar-refractivity contribution in [2.24, 2.45) is 0 Å². The molecule has 0 atom stereocenters. The molecule has 0 spiro atoms. The average Bonchev–Trinajstić information content (AvgIpc) is 3.21. The van der Waals surface area contributed by atoms with E-state index in [0.29, 0.717) is 6.54 Å². The highest BCUT2D eigenvalue weighted by Gasteiger charge is 2.14. The quantitative estimate of drug-likeness (QED) is 0.159. The number of allylic oxidation sites excluding steroid dienone is 1. The number of hydrogen-bond donors (Lipinski definition) is 0. The van der Waals surface area contributed by atoms with Gasteiger partial charge in [-0.1, -0.05) is 73.6 Å². The van der Waals surface area contributed by atoms with Crippen LogP contribution in [0.2, 0.25) is 0 Å². The van der Waals surface area contributed by atoms with Crippen molar-refractivity contribution in [3.63, 3.8) is 0 Å². The van der Waals surface area contributed by atoms with Crippen LogP contribution >= 0.6 is 11.8 Å². The van der Waals surface area contributed by atoms with E-state index in [1.165, 1.54) is 16.3 Å². The molecule has 31 heavy (non-hydrogen) atoms. The summed E-state index contributed by atoms with van der Waals surface area (Å²) in [7, 11) is 0. The number of rotatable bonds is 10. The Hall–Kier alpha value is -3.05. The third-order valence-electron chi connectivity index (χ3n) is 5.14. The van der Waals surface area contributed by atoms with E-state index in [-0.39, 0.29) is 0 Å². The van der Waals surface area contributed by atoms with Gasteiger partial charge in [-0.2, -0.15) is 0 Å². The first-order chi connectivity index (χ1) is 15.3. The SMILES string of the molecule is C=CCn1c(SCc2cccc3ccccc23)nnc1-c1ccc(OCCCC)cc1. The van der Waals surface area contributed by atoms with Gasteiger partial charge in [-0.05, 0) is 47.0 Å². The Labute approximate surface area is 188 Å². The summed E-state index contributed by atoms with van der Waals surface area (Å²) in [5.74, 6) is 2.57. The van der Waals surface area contributed by atoms with Crippen LogP contribution in [0.5, 0.6) is 5.75 Å². The summed E-state index contributed by atoms with van der Waals surface area (Å²) in [6.07, 6.45) is 4.08. The molecule has 4 nitrogen and oxygen atoms in total. The lowest BCUT2D eigenvalue weighted by Gasteiger charge is -2.10. The van der Waals surface area contributed by atoms with Gasteiger partial charge in [0, 0.05) is 17.9 Å². The largest absolute Gasteiger partial charge is 0.494 e. The second-order valence-corrected chi connectivity index (χ2v) is 8.30. The Morgan fingerprint density at radius 1 is 1.00 bits per heavy atom. The maximum Gasteiger partial charge on any atom is 0.192 e. The maximum absolute atomic E-state index is 5.78. The van der Waals surface area contributed by atoms with Crippen LogP contribution in [0.3, 0.4) is 0 Å². The topological polar surface area (TPSA) is 39.9 Å². The van der Waals surface area contributed by atoms with Gasteiger partial charge in [-0.25, -0.2) is 0 Å². The third-order valence-corrected chi connectivity index (χ3v) is 6.16. The smallest absolute Gasteiger partial charge is 0.192 e. The number of hydrogen-bond acceptors (Lipinski definition) is 4.